The molecule has 0 spiro atoms. The summed E-state index contributed by atoms with van der Waals surface area (Å²) >= 11 is 0. The first kappa shape index (κ1) is 63.7. The Morgan fingerprint density at radius 2 is 0.989 bits per heavy atom. The van der Waals surface area contributed by atoms with Crippen LogP contribution in [0.4, 0.5) is 0 Å². The van der Waals surface area contributed by atoms with Gasteiger partial charge in [0.1, 0.15) is 22.6 Å². The van der Waals surface area contributed by atoms with Gasteiger partial charge in [-0.05, 0) is 137 Å². The fourth-order valence-electron chi connectivity index (χ4n) is 14.1. The molecule has 0 amide bonds. The van der Waals surface area contributed by atoms with Gasteiger partial charge >= 0.3 is 0 Å². The number of hydrogen-bond donors (Lipinski definition) is 0. The Morgan fingerprint density at radius 3 is 1.62 bits per heavy atom. The van der Waals surface area contributed by atoms with Crippen molar-refractivity contribution in [3.63, 3.8) is 0 Å². The van der Waals surface area contributed by atoms with E-state index in [9.17, 15) is 14.4 Å². The molecule has 4 aliphatic rings. The quantitative estimate of drug-likeness (QED) is 0.150. The summed E-state index contributed by atoms with van der Waals surface area (Å²) in [6.07, 6.45) is 8.39. The van der Waals surface area contributed by atoms with Gasteiger partial charge in [0.05, 0.1) is 78.5 Å². The lowest BCUT2D eigenvalue weighted by atomic mass is 9.91. The van der Waals surface area contributed by atoms with Gasteiger partial charge in [-0.25, -0.2) is 4.98 Å². The highest BCUT2D eigenvalue weighted by atomic mass is 16.5. The average Bonchev–Trinajstić information content (AvgIpc) is 1.68. The van der Waals surface area contributed by atoms with Crippen molar-refractivity contribution < 1.29 is 14.2 Å². The SMILES string of the molecule is CC.CC.CC(C)(C)c1ccc2c(n1)C=Cn1c(nc(=O)c3c1C(C)(C)OC3(C)C)C2.CC1(C)OC(C)(C)c2c1c(=O)nc1c3ccc(-c4ccccc4)nc3c3ccccc3n21.CC1(C)OC(C)(C)c2c1c(=O)nc1c3cccnc3c(-c3ccccc3)cn21. The van der Waals surface area contributed by atoms with Crippen LogP contribution >= 0.6 is 0 Å². The molecule has 3 aromatic carbocycles. The lowest BCUT2D eigenvalue weighted by Crippen LogP contribution is -2.29. The molecular formula is C76H83N9O6. The van der Waals surface area contributed by atoms with Gasteiger partial charge < -0.3 is 23.2 Å². The maximum Gasteiger partial charge on any atom is 0.279 e. The third-order valence-corrected chi connectivity index (χ3v) is 17.2. The number of fused-ring (bicyclic) bond motifs is 17. The second kappa shape index (κ2) is 22.8. The molecule has 11 aromatic rings. The standard InChI is InChI=1S/C27H23N3O2.C23H21N3O2.C22H27N3O2.2C2H6/c1-26(2)21-23(27(3,4)32-26)30-20-13-9-8-12-17(20)22-18(24(30)29-25(21)31)14-15-19(28-22)16-10-6-5-7-11-16;1-22(2)17-19(23(3,4)28-22)26-13-16(14-9-6-5-7-10-14)18-15(11-8-12-24-18)20(26)25-21(17)27;1-20(2,3)15-9-8-13-12-16-24-19(26)17-18(22(6,7)27-21(17,4)5)25(16)11-10-14(13)23-15;2*1-2/h5-15H,1-4H3;5-13H,1-4H3;8-11H,12H2,1-7H3;2*1-2H3. The van der Waals surface area contributed by atoms with Crippen LogP contribution < -0.4 is 16.7 Å². The molecular weight excluding hydrogens is 1130 g/mol. The van der Waals surface area contributed by atoms with Crippen molar-refractivity contribution in [3.05, 3.63) is 221 Å². The smallest absolute Gasteiger partial charge is 0.279 e. The summed E-state index contributed by atoms with van der Waals surface area (Å²) in [5, 5.41) is 2.72. The number of ether oxygens (including phenoxy) is 3. The van der Waals surface area contributed by atoms with E-state index in [1.165, 1.54) is 0 Å². The highest BCUT2D eigenvalue weighted by Crippen LogP contribution is 2.49. The zero-order chi connectivity index (χ0) is 65.7. The number of nitrogens with zero attached hydrogens (tertiary/aromatic N) is 9. The van der Waals surface area contributed by atoms with Gasteiger partial charge in [0.2, 0.25) is 0 Å². The first-order valence-electron chi connectivity index (χ1n) is 31.7. The van der Waals surface area contributed by atoms with Gasteiger partial charge in [-0.2, -0.15) is 15.0 Å². The van der Waals surface area contributed by atoms with E-state index in [-0.39, 0.29) is 22.1 Å². The predicted octanol–water partition coefficient (Wildman–Crippen LogP) is 16.0. The summed E-state index contributed by atoms with van der Waals surface area (Å²) in [7, 11) is 0. The summed E-state index contributed by atoms with van der Waals surface area (Å²) in [6.45, 7) is 38.1. The van der Waals surface area contributed by atoms with Gasteiger partial charge in [-0.3, -0.25) is 28.8 Å². The Hall–Kier alpha value is -8.89. The zero-order valence-electron chi connectivity index (χ0n) is 56.0. The minimum atomic E-state index is -0.713. The fraction of sp³-hybridized carbons (Fsp3) is 0.355. The lowest BCUT2D eigenvalue weighted by molar-refractivity contribution is -0.107. The van der Waals surface area contributed by atoms with Crippen molar-refractivity contribution >= 4 is 56.3 Å². The first-order chi connectivity index (χ1) is 43.0. The lowest BCUT2D eigenvalue weighted by Gasteiger charge is -2.25. The summed E-state index contributed by atoms with van der Waals surface area (Å²) in [5.74, 6) is 0.730. The summed E-state index contributed by atoms with van der Waals surface area (Å²) in [4.78, 5) is 67.1. The molecule has 4 aliphatic heterocycles. The molecule has 0 N–H and O–H groups in total. The van der Waals surface area contributed by atoms with E-state index in [4.69, 9.17) is 24.2 Å². The van der Waals surface area contributed by atoms with Crippen LogP contribution in [0.5, 0.6) is 0 Å². The number of para-hydroxylation sites is 1. The van der Waals surface area contributed by atoms with Gasteiger partial charge in [-0.15, -0.1) is 0 Å². The maximum absolute atomic E-state index is 13.3. The van der Waals surface area contributed by atoms with Gasteiger partial charge in [0.15, 0.2) is 11.3 Å². The minimum absolute atomic E-state index is 0.0172. The predicted molar refractivity (Wildman–Crippen MR) is 365 cm³/mol. The molecule has 0 fully saturated rings. The first-order valence-corrected chi connectivity index (χ1v) is 31.7. The summed E-state index contributed by atoms with van der Waals surface area (Å²) in [5.41, 5.74) is 10.9. The fourth-order valence-corrected chi connectivity index (χ4v) is 14.1. The van der Waals surface area contributed by atoms with Crippen LogP contribution in [0.15, 0.2) is 148 Å². The van der Waals surface area contributed by atoms with Crippen LogP contribution in [-0.4, -0.2) is 43.3 Å². The van der Waals surface area contributed by atoms with Gasteiger partial charge in [0, 0.05) is 63.4 Å². The Morgan fingerprint density at radius 1 is 0.473 bits per heavy atom. The third-order valence-electron chi connectivity index (χ3n) is 17.2. The molecule has 15 nitrogen and oxygen atoms in total. The Bertz CT molecular complexity index is 4930. The number of benzene rings is 3. The molecule has 0 saturated carbocycles. The van der Waals surface area contributed by atoms with Crippen molar-refractivity contribution in [2.24, 2.45) is 0 Å². The summed E-state index contributed by atoms with van der Waals surface area (Å²) in [6, 6.07) is 40.5. The number of pyridine rings is 5. The van der Waals surface area contributed by atoms with Crippen LogP contribution in [0, 0.1) is 0 Å². The van der Waals surface area contributed by atoms with Crippen LogP contribution in [0.25, 0.3) is 78.7 Å². The van der Waals surface area contributed by atoms with Crippen molar-refractivity contribution in [1.29, 1.82) is 0 Å². The van der Waals surface area contributed by atoms with E-state index in [1.54, 1.807) is 6.20 Å². The molecule has 91 heavy (non-hydrogen) atoms. The number of hydrogen-bond acceptors (Lipinski definition) is 12. The second-order valence-corrected chi connectivity index (χ2v) is 27.2. The van der Waals surface area contributed by atoms with Crippen molar-refractivity contribution in [3.8, 4) is 22.4 Å². The van der Waals surface area contributed by atoms with Crippen molar-refractivity contribution in [1.82, 2.24) is 43.3 Å². The zero-order valence-corrected chi connectivity index (χ0v) is 56.0. The Kier molecular flexibility index (Phi) is 15.9. The summed E-state index contributed by atoms with van der Waals surface area (Å²) < 4.78 is 25.0. The normalized spacial score (nSPS) is 17.0. The monoisotopic (exact) mass is 1220 g/mol. The molecule has 0 aliphatic carbocycles. The molecule has 15 heteroatoms. The highest BCUT2D eigenvalue weighted by molar-refractivity contribution is 6.10. The van der Waals surface area contributed by atoms with Gasteiger partial charge in [0.25, 0.3) is 16.7 Å². The number of aromatic nitrogens is 9. The molecule has 0 radical (unpaired) electrons. The molecule has 0 saturated heterocycles. The van der Waals surface area contributed by atoms with E-state index < -0.39 is 33.6 Å². The van der Waals surface area contributed by atoms with E-state index in [2.05, 4.69) is 93.6 Å². The molecule has 15 rings (SSSR count). The van der Waals surface area contributed by atoms with Crippen LogP contribution in [0.2, 0.25) is 0 Å². The van der Waals surface area contributed by atoms with Crippen molar-refractivity contribution in [2.75, 3.05) is 0 Å². The second-order valence-electron chi connectivity index (χ2n) is 27.2. The van der Waals surface area contributed by atoms with E-state index in [1.807, 2.05) is 211 Å². The third kappa shape index (κ3) is 10.9. The Labute approximate surface area is 531 Å². The maximum atomic E-state index is 13.3. The molecule has 0 bridgehead atoms. The molecule has 0 unspecified atom stereocenters. The largest absolute Gasteiger partial charge is 0.358 e. The van der Waals surface area contributed by atoms with E-state index in [0.29, 0.717) is 34.4 Å². The molecule has 0 atom stereocenters. The minimum Gasteiger partial charge on any atom is -0.358 e. The van der Waals surface area contributed by atoms with Gasteiger partial charge in [-0.1, -0.05) is 133 Å². The molecule has 468 valence electrons. The Balaban J connectivity index is 0.000000137. The molecule has 12 heterocycles. The van der Waals surface area contributed by atoms with E-state index >= 15 is 0 Å². The number of rotatable bonds is 2. The van der Waals surface area contributed by atoms with Crippen LogP contribution in [0.3, 0.4) is 0 Å². The highest BCUT2D eigenvalue weighted by Gasteiger charge is 2.50. The van der Waals surface area contributed by atoms with E-state index in [0.717, 1.165) is 95.0 Å². The van der Waals surface area contributed by atoms with Crippen LogP contribution in [0.1, 0.15) is 188 Å². The topological polar surface area (TPSA) is 170 Å². The van der Waals surface area contributed by atoms with Crippen LogP contribution in [-0.2, 0) is 59.7 Å². The average molecular weight is 1220 g/mol. The molecule has 8 aromatic heterocycles. The van der Waals surface area contributed by atoms with Crippen molar-refractivity contribution in [2.45, 2.75) is 177 Å².